The minimum atomic E-state index is -0.491. The minimum Gasteiger partial charge on any atom is -0.390 e. The van der Waals surface area contributed by atoms with Gasteiger partial charge in [-0.25, -0.2) is 0 Å². The highest BCUT2D eigenvalue weighted by Crippen LogP contribution is 2.39. The third-order valence-electron chi connectivity index (χ3n) is 4.87. The van der Waals surface area contributed by atoms with Crippen LogP contribution in [0.1, 0.15) is 62.6 Å². The first-order valence-electron chi connectivity index (χ1n) is 7.58. The summed E-state index contributed by atoms with van der Waals surface area (Å²) in [7, 11) is 0. The van der Waals surface area contributed by atoms with E-state index in [1.807, 2.05) is 0 Å². The van der Waals surface area contributed by atoms with Crippen LogP contribution in [-0.4, -0.2) is 10.7 Å². The van der Waals surface area contributed by atoms with Gasteiger partial charge in [0.25, 0.3) is 0 Å². The van der Waals surface area contributed by atoms with Crippen molar-refractivity contribution in [2.45, 2.75) is 71.8 Å². The molecule has 1 aromatic rings. The smallest absolute Gasteiger partial charge is 0.0688 e. The summed E-state index contributed by atoms with van der Waals surface area (Å²) in [5.41, 5.74) is 3.85. The maximum atomic E-state index is 10.9. The van der Waals surface area contributed by atoms with Crippen molar-refractivity contribution in [2.24, 2.45) is 5.41 Å². The number of aliphatic hydroxyl groups is 1. The van der Waals surface area contributed by atoms with E-state index in [0.717, 1.165) is 32.1 Å². The van der Waals surface area contributed by atoms with E-state index in [9.17, 15) is 5.11 Å². The van der Waals surface area contributed by atoms with Crippen molar-refractivity contribution in [3.63, 3.8) is 0 Å². The van der Waals surface area contributed by atoms with Gasteiger partial charge in [0.15, 0.2) is 0 Å². The average molecular weight is 260 g/mol. The van der Waals surface area contributed by atoms with E-state index in [4.69, 9.17) is 0 Å². The van der Waals surface area contributed by atoms with Crippen molar-refractivity contribution < 1.29 is 5.11 Å². The first-order valence-corrected chi connectivity index (χ1v) is 7.58. The first-order chi connectivity index (χ1) is 8.80. The van der Waals surface area contributed by atoms with Crippen molar-refractivity contribution in [3.8, 4) is 0 Å². The van der Waals surface area contributed by atoms with Gasteiger partial charge in [-0.05, 0) is 61.6 Å². The van der Waals surface area contributed by atoms with Gasteiger partial charge in [-0.15, -0.1) is 0 Å². The second-order valence-corrected chi connectivity index (χ2v) is 7.34. The molecule has 1 unspecified atom stereocenters. The zero-order valence-electron chi connectivity index (χ0n) is 12.9. The summed E-state index contributed by atoms with van der Waals surface area (Å²) in [4.78, 5) is 0. The summed E-state index contributed by atoms with van der Waals surface area (Å²) < 4.78 is 0. The summed E-state index contributed by atoms with van der Waals surface area (Å²) in [5.74, 6) is 0. The fourth-order valence-electron chi connectivity index (χ4n) is 3.19. The maximum absolute atomic E-state index is 10.9. The van der Waals surface area contributed by atoms with Gasteiger partial charge in [0.1, 0.15) is 0 Å². The number of hydrogen-bond acceptors (Lipinski definition) is 1. The third-order valence-corrected chi connectivity index (χ3v) is 4.87. The first kappa shape index (κ1) is 14.6. The van der Waals surface area contributed by atoms with Crippen molar-refractivity contribution >= 4 is 0 Å². The molecule has 0 amide bonds. The van der Waals surface area contributed by atoms with E-state index in [1.165, 1.54) is 23.1 Å². The Bertz CT molecular complexity index is 447. The zero-order valence-corrected chi connectivity index (χ0v) is 12.9. The van der Waals surface area contributed by atoms with Crippen LogP contribution in [0.4, 0.5) is 0 Å². The maximum Gasteiger partial charge on any atom is 0.0688 e. The van der Waals surface area contributed by atoms with Crippen LogP contribution in [0.2, 0.25) is 0 Å². The molecule has 0 aromatic heterocycles. The van der Waals surface area contributed by atoms with Crippen LogP contribution < -0.4 is 0 Å². The molecule has 1 aliphatic rings. The molecule has 1 nitrogen and oxygen atoms in total. The van der Waals surface area contributed by atoms with Gasteiger partial charge in [-0.1, -0.05) is 38.5 Å². The highest BCUT2D eigenvalue weighted by atomic mass is 16.3. The minimum absolute atomic E-state index is 0.397. The average Bonchev–Trinajstić information content (AvgIpc) is 2.44. The fraction of sp³-hybridized carbons (Fsp3) is 0.667. The van der Waals surface area contributed by atoms with E-state index < -0.39 is 5.60 Å². The van der Waals surface area contributed by atoms with Crippen LogP contribution in [0, 0.1) is 19.3 Å². The Balaban J connectivity index is 2.10. The normalized spacial score (nSPS) is 27.0. The van der Waals surface area contributed by atoms with Gasteiger partial charge in [0, 0.05) is 6.42 Å². The molecule has 1 heteroatoms. The molecule has 1 saturated carbocycles. The fourth-order valence-corrected chi connectivity index (χ4v) is 3.19. The Morgan fingerprint density at radius 3 is 2.42 bits per heavy atom. The van der Waals surface area contributed by atoms with Gasteiger partial charge in [0.05, 0.1) is 5.60 Å². The van der Waals surface area contributed by atoms with Gasteiger partial charge in [-0.2, -0.15) is 0 Å². The quantitative estimate of drug-likeness (QED) is 0.772. The molecule has 0 bridgehead atoms. The van der Waals surface area contributed by atoms with Crippen molar-refractivity contribution in [2.75, 3.05) is 0 Å². The molecule has 0 aliphatic heterocycles. The summed E-state index contributed by atoms with van der Waals surface area (Å²) in [6.45, 7) is 8.95. The Morgan fingerprint density at radius 1 is 1.00 bits per heavy atom. The number of hydrogen-bond donors (Lipinski definition) is 1. The second-order valence-electron chi connectivity index (χ2n) is 7.34. The van der Waals surface area contributed by atoms with Crippen LogP contribution in [-0.2, 0) is 6.42 Å². The van der Waals surface area contributed by atoms with Gasteiger partial charge in [0.2, 0.25) is 0 Å². The van der Waals surface area contributed by atoms with Gasteiger partial charge in [-0.3, -0.25) is 0 Å². The van der Waals surface area contributed by atoms with E-state index in [0.29, 0.717) is 5.41 Å². The Kier molecular flexibility index (Phi) is 4.06. The van der Waals surface area contributed by atoms with Crippen molar-refractivity contribution in [1.82, 2.24) is 0 Å². The lowest BCUT2D eigenvalue weighted by Gasteiger charge is -2.28. The number of aryl methyl sites for hydroxylation is 2. The second kappa shape index (κ2) is 5.28. The molecular formula is C18H28O. The monoisotopic (exact) mass is 260 g/mol. The zero-order chi connectivity index (χ0) is 14.1. The van der Waals surface area contributed by atoms with Crippen molar-refractivity contribution in [3.05, 3.63) is 34.9 Å². The van der Waals surface area contributed by atoms with Crippen LogP contribution in [0.25, 0.3) is 0 Å². The number of benzene rings is 1. The largest absolute Gasteiger partial charge is 0.390 e. The van der Waals surface area contributed by atoms with Gasteiger partial charge < -0.3 is 5.11 Å². The molecule has 1 fully saturated rings. The third kappa shape index (κ3) is 3.82. The van der Waals surface area contributed by atoms with Crippen LogP contribution in [0.15, 0.2) is 18.2 Å². The molecule has 19 heavy (non-hydrogen) atoms. The standard InChI is InChI=1S/C18H28O/c1-14-6-7-16(12-15(14)2)13-18(19)9-5-8-17(3,4)10-11-18/h6-7,12,19H,5,8-11,13H2,1-4H3. The molecule has 0 spiro atoms. The Morgan fingerprint density at radius 2 is 1.74 bits per heavy atom. The van der Waals surface area contributed by atoms with E-state index in [-0.39, 0.29) is 0 Å². The van der Waals surface area contributed by atoms with E-state index in [1.54, 1.807) is 0 Å². The lowest BCUT2D eigenvalue weighted by molar-refractivity contribution is 0.0226. The molecule has 0 heterocycles. The summed E-state index contributed by atoms with van der Waals surface area (Å²) in [6, 6.07) is 6.59. The molecule has 1 aromatic carbocycles. The topological polar surface area (TPSA) is 20.2 Å². The lowest BCUT2D eigenvalue weighted by atomic mass is 9.83. The molecule has 106 valence electrons. The van der Waals surface area contributed by atoms with Crippen LogP contribution >= 0.6 is 0 Å². The summed E-state index contributed by atoms with van der Waals surface area (Å²) >= 11 is 0. The van der Waals surface area contributed by atoms with E-state index in [2.05, 4.69) is 45.9 Å². The predicted octanol–water partition coefficient (Wildman–Crippen LogP) is 4.57. The molecule has 1 N–H and O–H groups in total. The molecule has 1 atom stereocenters. The summed E-state index contributed by atoms with van der Waals surface area (Å²) in [5, 5.41) is 10.9. The predicted molar refractivity (Wildman–Crippen MR) is 81.4 cm³/mol. The molecule has 1 aliphatic carbocycles. The van der Waals surface area contributed by atoms with E-state index >= 15 is 0 Å². The van der Waals surface area contributed by atoms with Crippen LogP contribution in [0.3, 0.4) is 0 Å². The molecule has 0 saturated heterocycles. The SMILES string of the molecule is Cc1ccc(CC2(O)CCCC(C)(C)CC2)cc1C. The van der Waals surface area contributed by atoms with Gasteiger partial charge >= 0.3 is 0 Å². The Labute approximate surface area is 118 Å². The molecular weight excluding hydrogens is 232 g/mol. The van der Waals surface area contributed by atoms with Crippen molar-refractivity contribution in [1.29, 1.82) is 0 Å². The molecule has 0 radical (unpaired) electrons. The highest BCUT2D eigenvalue weighted by Gasteiger charge is 2.33. The lowest BCUT2D eigenvalue weighted by Crippen LogP contribution is -2.31. The van der Waals surface area contributed by atoms with Crippen LogP contribution in [0.5, 0.6) is 0 Å². The number of rotatable bonds is 2. The molecule has 2 rings (SSSR count). The Hall–Kier alpha value is -0.820. The highest BCUT2D eigenvalue weighted by molar-refractivity contribution is 5.30. The summed E-state index contributed by atoms with van der Waals surface area (Å²) in [6.07, 6.45) is 6.21.